The van der Waals surface area contributed by atoms with Crippen LogP contribution in [0.25, 0.3) is 0 Å². The fourth-order valence-corrected chi connectivity index (χ4v) is 4.86. The molecule has 1 aliphatic carbocycles. The zero-order valence-corrected chi connectivity index (χ0v) is 17.4. The number of alkyl halides is 1. The van der Waals surface area contributed by atoms with Gasteiger partial charge in [0.15, 0.2) is 0 Å². The van der Waals surface area contributed by atoms with Crippen molar-refractivity contribution in [3.8, 4) is 0 Å². The molecule has 0 aromatic heterocycles. The van der Waals surface area contributed by atoms with Crippen LogP contribution in [0.15, 0.2) is 36.4 Å². The minimum atomic E-state index is -1.57. The molecule has 162 valence electrons. The molecule has 30 heavy (non-hydrogen) atoms. The summed E-state index contributed by atoms with van der Waals surface area (Å²) in [7, 11) is 0. The third kappa shape index (κ3) is 3.45. The summed E-state index contributed by atoms with van der Waals surface area (Å²) in [6.45, 7) is 1.52. The topological polar surface area (TPSA) is 90.2 Å². The number of benzene rings is 2. The number of aliphatic hydroxyl groups excluding tert-OH is 4. The van der Waals surface area contributed by atoms with Gasteiger partial charge in [-0.05, 0) is 46.7 Å². The molecule has 2 aromatic carbocycles. The fourth-order valence-electron chi connectivity index (χ4n) is 4.62. The molecule has 4 rings (SSSR count). The molecule has 0 saturated carbocycles. The van der Waals surface area contributed by atoms with Gasteiger partial charge in [0.1, 0.15) is 36.2 Å². The fraction of sp³-hybridized carbons (Fsp3) is 0.478. The van der Waals surface area contributed by atoms with E-state index in [1.54, 1.807) is 12.1 Å². The molecule has 1 heterocycles. The van der Waals surface area contributed by atoms with Crippen molar-refractivity contribution in [2.75, 3.05) is 6.61 Å². The van der Waals surface area contributed by atoms with Crippen molar-refractivity contribution >= 4 is 11.6 Å². The van der Waals surface area contributed by atoms with Crippen LogP contribution in [0.2, 0.25) is 5.02 Å². The molecule has 5 nitrogen and oxygen atoms in total. The molecule has 6 atom stereocenters. The van der Waals surface area contributed by atoms with Crippen molar-refractivity contribution in [1.29, 1.82) is 0 Å². The van der Waals surface area contributed by atoms with E-state index in [2.05, 4.69) is 6.92 Å². The van der Waals surface area contributed by atoms with E-state index < -0.39 is 42.8 Å². The lowest BCUT2D eigenvalue weighted by Crippen LogP contribution is -2.62. The molecule has 1 saturated heterocycles. The maximum absolute atomic E-state index is 14.9. The highest BCUT2D eigenvalue weighted by Crippen LogP contribution is 2.54. The van der Waals surface area contributed by atoms with Gasteiger partial charge >= 0.3 is 0 Å². The molecule has 0 radical (unpaired) electrons. The van der Waals surface area contributed by atoms with Gasteiger partial charge in [-0.1, -0.05) is 48.9 Å². The second kappa shape index (κ2) is 8.19. The molecule has 4 N–H and O–H groups in total. The Labute approximate surface area is 179 Å². The molecule has 7 heteroatoms. The summed E-state index contributed by atoms with van der Waals surface area (Å²) in [6.07, 6.45) is -5.96. The number of fused-ring (bicyclic) bond motifs is 2. The second-order valence-electron chi connectivity index (χ2n) is 8.20. The summed E-state index contributed by atoms with van der Waals surface area (Å²) in [5, 5.41) is 41.2. The Hall–Kier alpha value is -1.54. The van der Waals surface area contributed by atoms with Gasteiger partial charge in [0.2, 0.25) is 0 Å². The van der Waals surface area contributed by atoms with E-state index in [0.717, 1.165) is 17.5 Å². The highest BCUT2D eigenvalue weighted by molar-refractivity contribution is 6.31. The van der Waals surface area contributed by atoms with Gasteiger partial charge in [0.05, 0.1) is 6.61 Å². The van der Waals surface area contributed by atoms with Gasteiger partial charge in [-0.2, -0.15) is 0 Å². The van der Waals surface area contributed by atoms with Crippen molar-refractivity contribution in [1.82, 2.24) is 0 Å². The van der Waals surface area contributed by atoms with Gasteiger partial charge in [-0.15, -0.1) is 0 Å². The highest BCUT2D eigenvalue weighted by atomic mass is 35.5. The number of aliphatic hydroxyl groups is 4. The largest absolute Gasteiger partial charge is 0.394 e. The van der Waals surface area contributed by atoms with Crippen molar-refractivity contribution in [3.05, 3.63) is 69.2 Å². The highest BCUT2D eigenvalue weighted by Gasteiger charge is 2.59. The molecule has 6 unspecified atom stereocenters. The Kier molecular flexibility index (Phi) is 5.92. The molecule has 1 fully saturated rings. The molecule has 2 aromatic rings. The van der Waals surface area contributed by atoms with Crippen LogP contribution in [0.3, 0.4) is 0 Å². The Morgan fingerprint density at radius 3 is 2.40 bits per heavy atom. The maximum atomic E-state index is 14.9. The summed E-state index contributed by atoms with van der Waals surface area (Å²) in [4.78, 5) is 0. The zero-order chi connectivity index (χ0) is 21.6. The van der Waals surface area contributed by atoms with Crippen LogP contribution in [0.1, 0.15) is 47.3 Å². The maximum Gasteiger partial charge on any atom is 0.129 e. The smallest absolute Gasteiger partial charge is 0.129 e. The monoisotopic (exact) mass is 436 g/mol. The normalized spacial score (nSPS) is 33.1. The van der Waals surface area contributed by atoms with E-state index in [1.807, 2.05) is 24.3 Å². The Morgan fingerprint density at radius 1 is 1.10 bits per heavy atom. The lowest BCUT2D eigenvalue weighted by atomic mass is 9.80. The van der Waals surface area contributed by atoms with Gasteiger partial charge in [0, 0.05) is 11.4 Å². The number of aryl methyl sites for hydroxylation is 1. The van der Waals surface area contributed by atoms with Crippen LogP contribution in [-0.2, 0) is 23.2 Å². The third-order valence-corrected chi connectivity index (χ3v) is 6.75. The number of ether oxygens (including phenoxy) is 1. The molecule has 0 amide bonds. The molecular formula is C23H26ClFO5. The quantitative estimate of drug-likeness (QED) is 0.591. The lowest BCUT2D eigenvalue weighted by molar-refractivity contribution is -0.281. The van der Waals surface area contributed by atoms with Crippen LogP contribution in [-0.4, -0.2) is 51.4 Å². The summed E-state index contributed by atoms with van der Waals surface area (Å²) < 4.78 is 20.8. The van der Waals surface area contributed by atoms with E-state index in [1.165, 1.54) is 5.56 Å². The van der Waals surface area contributed by atoms with Gasteiger partial charge in [-0.25, -0.2) is 4.39 Å². The number of halogens is 2. The second-order valence-corrected chi connectivity index (χ2v) is 8.61. The zero-order valence-electron chi connectivity index (χ0n) is 16.6. The van der Waals surface area contributed by atoms with E-state index in [9.17, 15) is 24.8 Å². The Morgan fingerprint density at radius 2 is 1.77 bits per heavy atom. The lowest BCUT2D eigenvalue weighted by Gasteiger charge is -2.47. The Bertz CT molecular complexity index is 919. The SMILES string of the molecule is CCc1ccc(Cc2cc3c(cc2Cl)C(F)CC32OC(CO)C(O)C(O)C2O)cc1. The summed E-state index contributed by atoms with van der Waals surface area (Å²) >= 11 is 6.45. The van der Waals surface area contributed by atoms with Crippen LogP contribution >= 0.6 is 11.6 Å². The van der Waals surface area contributed by atoms with Gasteiger partial charge < -0.3 is 25.2 Å². The number of hydrogen-bond donors (Lipinski definition) is 4. The van der Waals surface area contributed by atoms with E-state index in [4.69, 9.17) is 16.3 Å². The predicted molar refractivity (Wildman–Crippen MR) is 110 cm³/mol. The molecule has 1 aliphatic heterocycles. The standard InChI is InChI=1S/C23H26ClFO5/c1-2-12-3-5-13(6-4-12)7-14-8-16-15(9-17(14)24)18(25)10-23(16)22(29)21(28)20(27)19(11-26)30-23/h3-6,8-9,18-22,26-29H,2,7,10-11H2,1H3. The summed E-state index contributed by atoms with van der Waals surface area (Å²) in [5.74, 6) is 0. The minimum Gasteiger partial charge on any atom is -0.394 e. The summed E-state index contributed by atoms with van der Waals surface area (Å²) in [6, 6.07) is 11.4. The molecule has 1 spiro atoms. The van der Waals surface area contributed by atoms with Crippen LogP contribution in [0.4, 0.5) is 4.39 Å². The first-order valence-electron chi connectivity index (χ1n) is 10.2. The average Bonchev–Trinajstić information content (AvgIpc) is 3.01. The first-order chi connectivity index (χ1) is 14.3. The van der Waals surface area contributed by atoms with Crippen LogP contribution < -0.4 is 0 Å². The van der Waals surface area contributed by atoms with Gasteiger partial charge in [0.25, 0.3) is 0 Å². The van der Waals surface area contributed by atoms with Crippen LogP contribution in [0.5, 0.6) is 0 Å². The average molecular weight is 437 g/mol. The van der Waals surface area contributed by atoms with E-state index in [0.29, 0.717) is 22.6 Å². The summed E-state index contributed by atoms with van der Waals surface area (Å²) in [5.41, 5.74) is 2.13. The molecule has 2 aliphatic rings. The van der Waals surface area contributed by atoms with Crippen molar-refractivity contribution in [2.45, 2.75) is 62.4 Å². The number of rotatable bonds is 4. The Balaban J connectivity index is 1.75. The first kappa shape index (κ1) is 21.7. The number of hydrogen-bond acceptors (Lipinski definition) is 5. The van der Waals surface area contributed by atoms with Gasteiger partial charge in [-0.3, -0.25) is 0 Å². The third-order valence-electron chi connectivity index (χ3n) is 6.39. The van der Waals surface area contributed by atoms with Crippen LogP contribution in [0, 0.1) is 0 Å². The van der Waals surface area contributed by atoms with Crippen molar-refractivity contribution < 1.29 is 29.6 Å². The van der Waals surface area contributed by atoms with Crippen molar-refractivity contribution in [2.24, 2.45) is 0 Å². The minimum absolute atomic E-state index is 0.227. The predicted octanol–water partition coefficient (Wildman–Crippen LogP) is 2.58. The van der Waals surface area contributed by atoms with E-state index in [-0.39, 0.29) is 6.42 Å². The van der Waals surface area contributed by atoms with Crippen molar-refractivity contribution in [3.63, 3.8) is 0 Å². The first-order valence-corrected chi connectivity index (χ1v) is 10.6. The molecular weight excluding hydrogens is 411 g/mol. The molecule has 0 bridgehead atoms. The van der Waals surface area contributed by atoms with E-state index >= 15 is 0 Å².